The van der Waals surface area contributed by atoms with E-state index in [1.807, 2.05) is 6.92 Å². The van der Waals surface area contributed by atoms with Gasteiger partial charge in [-0.3, -0.25) is 0 Å². The summed E-state index contributed by atoms with van der Waals surface area (Å²) in [6.45, 7) is 25.0. The van der Waals surface area contributed by atoms with E-state index in [1.54, 1.807) is 0 Å². The van der Waals surface area contributed by atoms with E-state index in [0.29, 0.717) is 6.61 Å². The van der Waals surface area contributed by atoms with Crippen LogP contribution in [0.3, 0.4) is 0 Å². The highest BCUT2D eigenvalue weighted by atomic mass is 28.5. The van der Waals surface area contributed by atoms with E-state index in [-0.39, 0.29) is 5.20 Å². The van der Waals surface area contributed by atoms with Gasteiger partial charge >= 0.3 is 14.8 Å². The summed E-state index contributed by atoms with van der Waals surface area (Å²) in [7, 11) is -9.54. The topological polar surface area (TPSA) is 54.0 Å². The zero-order valence-corrected chi connectivity index (χ0v) is 21.2. The molecule has 0 rings (SSSR count). The average molecular weight is 409 g/mol. The molecule has 0 aromatic heterocycles. The summed E-state index contributed by atoms with van der Waals surface area (Å²) in [5, 5.41) is 0.239. The first-order chi connectivity index (χ1) is 10.5. The Labute approximate surface area is 152 Å². The molecule has 0 amide bonds. The van der Waals surface area contributed by atoms with Gasteiger partial charge in [-0.15, -0.1) is 0 Å². The Morgan fingerprint density at radius 1 is 0.792 bits per heavy atom. The van der Waals surface area contributed by atoms with Crippen LogP contribution >= 0.6 is 0 Å². The number of esters is 1. The van der Waals surface area contributed by atoms with Crippen molar-refractivity contribution in [1.82, 2.24) is 0 Å². The molecule has 5 nitrogen and oxygen atoms in total. The molecule has 0 saturated carbocycles. The normalized spacial score (nSPS) is 13.8. The molecule has 0 aliphatic carbocycles. The average Bonchev–Trinajstić information content (AvgIpc) is 2.28. The number of carbonyl (C=O) groups is 1. The molecule has 0 bridgehead atoms. The molecule has 0 aliphatic heterocycles. The maximum atomic E-state index is 12.5. The van der Waals surface area contributed by atoms with Gasteiger partial charge in [0.05, 0.1) is 11.8 Å². The van der Waals surface area contributed by atoms with Crippen LogP contribution in [0, 0.1) is 0 Å². The van der Waals surface area contributed by atoms with Gasteiger partial charge < -0.3 is 17.1 Å². The number of hydrogen-bond acceptors (Lipinski definition) is 5. The van der Waals surface area contributed by atoms with Crippen molar-refractivity contribution in [2.75, 3.05) is 6.61 Å². The van der Waals surface area contributed by atoms with Crippen LogP contribution in [-0.4, -0.2) is 46.3 Å². The summed E-state index contributed by atoms with van der Waals surface area (Å²) < 4.78 is 24.6. The van der Waals surface area contributed by atoms with Gasteiger partial charge in [-0.25, -0.2) is 4.79 Å². The molecule has 0 heterocycles. The predicted molar refractivity (Wildman–Crippen MR) is 109 cm³/mol. The third-order valence-electron chi connectivity index (χ3n) is 2.37. The Balaban J connectivity index is 5.95. The lowest BCUT2D eigenvalue weighted by Crippen LogP contribution is -2.62. The summed E-state index contributed by atoms with van der Waals surface area (Å²) in [6, 6.07) is 0. The van der Waals surface area contributed by atoms with Gasteiger partial charge in [0.25, 0.3) is 0 Å². The van der Waals surface area contributed by atoms with Gasteiger partial charge in [-0.05, 0) is 65.3 Å². The molecule has 0 unspecified atom stereocenters. The number of rotatable bonds is 10. The second-order valence-electron chi connectivity index (χ2n) is 8.81. The van der Waals surface area contributed by atoms with E-state index in [0.717, 1.165) is 6.42 Å². The molecule has 0 saturated heterocycles. The largest absolute Gasteiger partial charge is 0.512 e. The second kappa shape index (κ2) is 8.56. The van der Waals surface area contributed by atoms with E-state index < -0.39 is 39.7 Å². The summed E-state index contributed by atoms with van der Waals surface area (Å²) in [5.41, 5.74) is 0. The van der Waals surface area contributed by atoms with Crippen LogP contribution in [0.2, 0.25) is 58.9 Å². The fourth-order valence-corrected chi connectivity index (χ4v) is 15.0. The van der Waals surface area contributed by atoms with Crippen LogP contribution < -0.4 is 0 Å². The SMILES string of the molecule is C=C(C(=O)OCCC)[Si](O[Si](C)(C)C)(O[Si](C)(C)C)O[Si](C)(C)C. The second-order valence-corrected chi connectivity index (χ2v) is 25.7. The Kier molecular flexibility index (Phi) is 8.55. The molecule has 142 valence electrons. The zero-order chi connectivity index (χ0) is 19.4. The van der Waals surface area contributed by atoms with Crippen LogP contribution in [-0.2, 0) is 21.9 Å². The Bertz CT molecular complexity index is 405. The summed E-state index contributed by atoms with van der Waals surface area (Å²) in [4.78, 5) is 12.5. The van der Waals surface area contributed by atoms with Crippen molar-refractivity contribution >= 4 is 39.7 Å². The molecule has 9 heteroatoms. The van der Waals surface area contributed by atoms with Gasteiger partial charge in [0.1, 0.15) is 0 Å². The standard InChI is InChI=1S/C15H36O5Si4/c1-12-13-17-15(16)14(2)24(18-21(3,4)5,19-22(6,7)8)20-23(9,10)11/h2,12-13H2,1,3-11H3. The summed E-state index contributed by atoms with van der Waals surface area (Å²) in [6.07, 6.45) is 0.756. The fourth-order valence-electron chi connectivity index (χ4n) is 1.86. The highest BCUT2D eigenvalue weighted by Gasteiger charge is 2.55. The Hall–Kier alpha value is -0.0425. The molecule has 0 N–H and O–H groups in total. The molecule has 0 fully saturated rings. The van der Waals surface area contributed by atoms with E-state index in [2.05, 4.69) is 65.5 Å². The monoisotopic (exact) mass is 408 g/mol. The molecule has 0 aliphatic rings. The molecule has 24 heavy (non-hydrogen) atoms. The minimum Gasteiger partial charge on any atom is -0.462 e. The lowest BCUT2D eigenvalue weighted by molar-refractivity contribution is -0.138. The first-order valence-corrected chi connectivity index (χ1v) is 20.4. The smallest absolute Gasteiger partial charge is 0.462 e. The third kappa shape index (κ3) is 9.44. The Morgan fingerprint density at radius 2 is 1.12 bits per heavy atom. The van der Waals surface area contributed by atoms with Crippen molar-refractivity contribution in [3.05, 3.63) is 11.8 Å². The van der Waals surface area contributed by atoms with Gasteiger partial charge in [-0.2, -0.15) is 0 Å². The van der Waals surface area contributed by atoms with Crippen LogP contribution in [0.1, 0.15) is 13.3 Å². The molecule has 0 atom stereocenters. The number of hydrogen-bond donors (Lipinski definition) is 0. The first-order valence-electron chi connectivity index (χ1n) is 8.48. The Morgan fingerprint density at radius 3 is 1.38 bits per heavy atom. The molecular weight excluding hydrogens is 373 g/mol. The molecular formula is C15H36O5Si4. The van der Waals surface area contributed by atoms with Crippen molar-refractivity contribution in [2.45, 2.75) is 72.3 Å². The van der Waals surface area contributed by atoms with E-state index in [1.165, 1.54) is 0 Å². The first kappa shape index (κ1) is 24.0. The maximum absolute atomic E-state index is 12.5. The van der Waals surface area contributed by atoms with Crippen LogP contribution in [0.25, 0.3) is 0 Å². The van der Waals surface area contributed by atoms with Crippen molar-refractivity contribution in [1.29, 1.82) is 0 Å². The third-order valence-corrected chi connectivity index (χ3v) is 13.9. The fraction of sp³-hybridized carbons (Fsp3) is 0.800. The maximum Gasteiger partial charge on any atom is 0.512 e. The molecule has 0 aromatic carbocycles. The lowest BCUT2D eigenvalue weighted by Gasteiger charge is -2.42. The lowest BCUT2D eigenvalue weighted by atomic mass is 10.5. The minimum atomic E-state index is -3.40. The summed E-state index contributed by atoms with van der Waals surface area (Å²) >= 11 is 0. The van der Waals surface area contributed by atoms with Crippen molar-refractivity contribution in [2.24, 2.45) is 0 Å². The number of carbonyl (C=O) groups excluding carboxylic acids is 1. The van der Waals surface area contributed by atoms with Crippen LogP contribution in [0.4, 0.5) is 0 Å². The van der Waals surface area contributed by atoms with E-state index in [9.17, 15) is 4.79 Å². The van der Waals surface area contributed by atoms with Crippen molar-refractivity contribution in [3.63, 3.8) is 0 Å². The summed E-state index contributed by atoms with van der Waals surface area (Å²) in [5.74, 6) is -0.460. The van der Waals surface area contributed by atoms with Crippen LogP contribution in [0.5, 0.6) is 0 Å². The van der Waals surface area contributed by atoms with Crippen molar-refractivity contribution in [3.8, 4) is 0 Å². The van der Waals surface area contributed by atoms with Gasteiger partial charge in [-0.1, -0.05) is 13.5 Å². The minimum absolute atomic E-state index is 0.239. The van der Waals surface area contributed by atoms with Gasteiger partial charge in [0, 0.05) is 0 Å². The zero-order valence-electron chi connectivity index (χ0n) is 17.2. The number of ether oxygens (including phenoxy) is 1. The van der Waals surface area contributed by atoms with E-state index in [4.69, 9.17) is 17.1 Å². The highest BCUT2D eigenvalue weighted by molar-refractivity contribution is 6.94. The molecule has 0 aromatic rings. The molecule has 0 radical (unpaired) electrons. The van der Waals surface area contributed by atoms with E-state index >= 15 is 0 Å². The quantitative estimate of drug-likeness (QED) is 0.302. The predicted octanol–water partition coefficient (Wildman–Crippen LogP) is 4.53. The van der Waals surface area contributed by atoms with Gasteiger partial charge in [0.2, 0.25) is 0 Å². The molecule has 0 spiro atoms. The van der Waals surface area contributed by atoms with Gasteiger partial charge in [0.15, 0.2) is 25.0 Å². The van der Waals surface area contributed by atoms with Crippen molar-refractivity contribution < 1.29 is 21.9 Å². The highest BCUT2D eigenvalue weighted by Crippen LogP contribution is 2.31. The van der Waals surface area contributed by atoms with Crippen LogP contribution in [0.15, 0.2) is 11.8 Å².